The zero-order valence-electron chi connectivity index (χ0n) is 11.0. The molecule has 0 aliphatic heterocycles. The van der Waals surface area contributed by atoms with Crippen LogP contribution < -0.4 is 4.72 Å². The Balaban J connectivity index is 2.33. The highest BCUT2D eigenvalue weighted by Crippen LogP contribution is 2.18. The fourth-order valence-corrected chi connectivity index (χ4v) is 2.67. The van der Waals surface area contributed by atoms with Crippen molar-refractivity contribution in [2.24, 2.45) is 0 Å². The zero-order valence-corrected chi connectivity index (χ0v) is 11.8. The van der Waals surface area contributed by atoms with Crippen molar-refractivity contribution in [2.45, 2.75) is 18.7 Å². The number of nitrogens with zero attached hydrogens (tertiary/aromatic N) is 3. The molecule has 0 saturated heterocycles. The van der Waals surface area contributed by atoms with E-state index >= 15 is 0 Å². The van der Waals surface area contributed by atoms with Gasteiger partial charge in [-0.15, -0.1) is 0 Å². The third kappa shape index (κ3) is 2.92. The molecule has 0 amide bonds. The van der Waals surface area contributed by atoms with Gasteiger partial charge in [-0.3, -0.25) is 9.71 Å². The third-order valence-corrected chi connectivity index (χ3v) is 3.98. The van der Waals surface area contributed by atoms with E-state index in [4.69, 9.17) is 5.26 Å². The van der Waals surface area contributed by atoms with Crippen molar-refractivity contribution >= 4 is 15.7 Å². The molecule has 6 nitrogen and oxygen atoms in total. The summed E-state index contributed by atoms with van der Waals surface area (Å²) in [5, 5.41) is 8.64. The molecule has 0 aromatic carbocycles. The maximum Gasteiger partial charge on any atom is 0.263 e. The molecule has 0 unspecified atom stereocenters. The molecule has 102 valence electrons. The van der Waals surface area contributed by atoms with Crippen molar-refractivity contribution in [2.75, 3.05) is 4.72 Å². The number of hydrogen-bond donors (Lipinski definition) is 1. The van der Waals surface area contributed by atoms with E-state index in [0.717, 1.165) is 11.9 Å². The number of sulfonamides is 1. The maximum atomic E-state index is 12.2. The predicted molar refractivity (Wildman–Crippen MR) is 73.5 cm³/mol. The number of anilines is 1. The van der Waals surface area contributed by atoms with E-state index in [9.17, 15) is 8.42 Å². The topological polar surface area (TPSA) is 95.7 Å². The normalized spacial score (nSPS) is 10.8. The van der Waals surface area contributed by atoms with E-state index in [0.29, 0.717) is 11.4 Å². The summed E-state index contributed by atoms with van der Waals surface area (Å²) in [5.74, 6) is 0. The number of pyridine rings is 2. The van der Waals surface area contributed by atoms with Crippen LogP contribution in [0.15, 0.2) is 35.4 Å². The summed E-state index contributed by atoms with van der Waals surface area (Å²) in [4.78, 5) is 7.94. The van der Waals surface area contributed by atoms with E-state index in [1.54, 1.807) is 19.1 Å². The smallest absolute Gasteiger partial charge is 0.263 e. The van der Waals surface area contributed by atoms with Crippen molar-refractivity contribution < 1.29 is 8.42 Å². The molecule has 0 radical (unpaired) electrons. The fraction of sp³-hybridized carbons (Fsp3) is 0.154. The summed E-state index contributed by atoms with van der Waals surface area (Å²) in [5.41, 5.74) is 1.98. The number of nitrogens with one attached hydrogen (secondary N) is 1. The standard InChI is InChI=1S/C13H12N4O2S/c1-9-3-6-13(10(2)16-9)17-20(18,19)12-5-4-11(7-14)15-8-12/h3-6,8,17H,1-2H3. The number of aromatic nitrogens is 2. The Hall–Kier alpha value is -2.46. The van der Waals surface area contributed by atoms with Gasteiger partial charge in [0.25, 0.3) is 10.0 Å². The molecule has 0 aliphatic rings. The van der Waals surface area contributed by atoms with Crippen molar-refractivity contribution in [3.63, 3.8) is 0 Å². The summed E-state index contributed by atoms with van der Waals surface area (Å²) >= 11 is 0. The van der Waals surface area contributed by atoms with Gasteiger partial charge in [-0.25, -0.2) is 13.4 Å². The number of hydrogen-bond acceptors (Lipinski definition) is 5. The van der Waals surface area contributed by atoms with Gasteiger partial charge in [0, 0.05) is 11.9 Å². The summed E-state index contributed by atoms with van der Waals surface area (Å²) in [6.07, 6.45) is 1.15. The molecule has 2 heterocycles. The minimum absolute atomic E-state index is 0.00326. The number of nitriles is 1. The highest BCUT2D eigenvalue weighted by molar-refractivity contribution is 7.92. The summed E-state index contributed by atoms with van der Waals surface area (Å²) in [6.45, 7) is 3.55. The van der Waals surface area contributed by atoms with Crippen molar-refractivity contribution in [1.29, 1.82) is 5.26 Å². The van der Waals surface area contributed by atoms with E-state index in [1.807, 2.05) is 13.0 Å². The van der Waals surface area contributed by atoms with Gasteiger partial charge in [-0.2, -0.15) is 5.26 Å². The van der Waals surface area contributed by atoms with E-state index in [2.05, 4.69) is 14.7 Å². The highest BCUT2D eigenvalue weighted by Gasteiger charge is 2.16. The van der Waals surface area contributed by atoms with Gasteiger partial charge in [0.2, 0.25) is 0 Å². The van der Waals surface area contributed by atoms with Gasteiger partial charge >= 0.3 is 0 Å². The Morgan fingerprint density at radius 2 is 1.95 bits per heavy atom. The van der Waals surface area contributed by atoms with Crippen LogP contribution >= 0.6 is 0 Å². The van der Waals surface area contributed by atoms with Crippen LogP contribution in [-0.4, -0.2) is 18.4 Å². The first-order chi connectivity index (χ1) is 9.42. The number of rotatable bonds is 3. The minimum atomic E-state index is -3.74. The molecule has 0 spiro atoms. The van der Waals surface area contributed by atoms with Crippen LogP contribution in [0.1, 0.15) is 17.1 Å². The lowest BCUT2D eigenvalue weighted by molar-refractivity contribution is 0.600. The van der Waals surface area contributed by atoms with Gasteiger partial charge in [-0.05, 0) is 38.1 Å². The van der Waals surface area contributed by atoms with Gasteiger partial charge in [0.15, 0.2) is 0 Å². The zero-order chi connectivity index (χ0) is 14.8. The van der Waals surface area contributed by atoms with Gasteiger partial charge < -0.3 is 0 Å². The lowest BCUT2D eigenvalue weighted by Crippen LogP contribution is -2.14. The predicted octanol–water partition coefficient (Wildman–Crippen LogP) is 1.77. The molecule has 0 atom stereocenters. The average molecular weight is 288 g/mol. The SMILES string of the molecule is Cc1ccc(NS(=O)(=O)c2ccc(C#N)nc2)c(C)n1. The third-order valence-electron chi connectivity index (χ3n) is 2.63. The van der Waals surface area contributed by atoms with Crippen LogP contribution in [-0.2, 0) is 10.0 Å². The minimum Gasteiger partial charge on any atom is -0.278 e. The first-order valence-corrected chi connectivity index (χ1v) is 7.24. The monoisotopic (exact) mass is 288 g/mol. The second-order valence-corrected chi connectivity index (χ2v) is 5.86. The van der Waals surface area contributed by atoms with Crippen LogP contribution in [0.25, 0.3) is 0 Å². The molecule has 0 saturated carbocycles. The van der Waals surface area contributed by atoms with Crippen LogP contribution in [0.2, 0.25) is 0 Å². The van der Waals surface area contributed by atoms with Gasteiger partial charge in [-0.1, -0.05) is 0 Å². The van der Waals surface area contributed by atoms with Crippen LogP contribution in [0.5, 0.6) is 0 Å². The van der Waals surface area contributed by atoms with Crippen LogP contribution in [0.3, 0.4) is 0 Å². The van der Waals surface area contributed by atoms with E-state index in [-0.39, 0.29) is 10.6 Å². The molecule has 0 bridgehead atoms. The highest BCUT2D eigenvalue weighted by atomic mass is 32.2. The van der Waals surface area contributed by atoms with E-state index < -0.39 is 10.0 Å². The Labute approximate surface area is 117 Å². The van der Waals surface area contributed by atoms with Crippen molar-refractivity contribution in [1.82, 2.24) is 9.97 Å². The Kier molecular flexibility index (Phi) is 3.68. The molecule has 2 aromatic heterocycles. The second-order valence-electron chi connectivity index (χ2n) is 4.18. The second kappa shape index (κ2) is 5.27. The van der Waals surface area contributed by atoms with Crippen molar-refractivity contribution in [3.8, 4) is 6.07 Å². The Bertz CT molecular complexity index is 777. The number of aryl methyl sites for hydroxylation is 2. The van der Waals surface area contributed by atoms with Gasteiger partial charge in [0.1, 0.15) is 16.7 Å². The van der Waals surface area contributed by atoms with E-state index in [1.165, 1.54) is 12.1 Å². The molecule has 0 aliphatic carbocycles. The molecule has 2 rings (SSSR count). The first kappa shape index (κ1) is 14.0. The molecular formula is C13H12N4O2S. The quantitative estimate of drug-likeness (QED) is 0.928. The van der Waals surface area contributed by atoms with Crippen LogP contribution in [0.4, 0.5) is 5.69 Å². The lowest BCUT2D eigenvalue weighted by Gasteiger charge is -2.10. The molecule has 2 aromatic rings. The Morgan fingerprint density at radius 1 is 1.20 bits per heavy atom. The molecule has 0 fully saturated rings. The van der Waals surface area contributed by atoms with Crippen molar-refractivity contribution in [3.05, 3.63) is 47.5 Å². The van der Waals surface area contributed by atoms with Crippen LogP contribution in [0, 0.1) is 25.2 Å². The summed E-state index contributed by atoms with van der Waals surface area (Å²) in [6, 6.07) is 7.91. The summed E-state index contributed by atoms with van der Waals surface area (Å²) in [7, 11) is -3.74. The largest absolute Gasteiger partial charge is 0.278 e. The molecule has 7 heteroatoms. The Morgan fingerprint density at radius 3 is 2.50 bits per heavy atom. The maximum absolute atomic E-state index is 12.2. The fourth-order valence-electron chi connectivity index (χ4n) is 1.60. The average Bonchev–Trinajstić information content (AvgIpc) is 2.42. The lowest BCUT2D eigenvalue weighted by atomic mass is 10.3. The van der Waals surface area contributed by atoms with Gasteiger partial charge in [0.05, 0.1) is 11.4 Å². The first-order valence-electron chi connectivity index (χ1n) is 5.75. The molecule has 1 N–H and O–H groups in total. The molecule has 20 heavy (non-hydrogen) atoms. The molecular weight excluding hydrogens is 276 g/mol. The summed E-state index contributed by atoms with van der Waals surface area (Å²) < 4.78 is 26.8.